The molecule has 0 bridgehead atoms. The smallest absolute Gasteiger partial charge is 0.291 e. The molecule has 1 aliphatic rings. The summed E-state index contributed by atoms with van der Waals surface area (Å²) in [5.74, 6) is 0.440. The number of fused-ring (bicyclic) bond motifs is 3. The zero-order valence-electron chi connectivity index (χ0n) is 17.4. The van der Waals surface area contributed by atoms with E-state index in [-0.39, 0.29) is 18.0 Å². The van der Waals surface area contributed by atoms with Crippen molar-refractivity contribution in [3.63, 3.8) is 0 Å². The number of likely N-dealkylation sites (tertiary alicyclic amines) is 1. The number of aryl methyl sites for hydroxylation is 1. The van der Waals surface area contributed by atoms with Crippen LogP contribution in [0.3, 0.4) is 0 Å². The lowest BCUT2D eigenvalue weighted by molar-refractivity contribution is -0.121. The molecule has 0 saturated carbocycles. The third-order valence-electron chi connectivity index (χ3n) is 6.05. The monoisotopic (exact) mass is 399 g/mol. The Balaban J connectivity index is 1.36. The average Bonchev–Trinajstić information content (AvgIpc) is 3.26. The third kappa shape index (κ3) is 3.81. The van der Waals surface area contributed by atoms with Gasteiger partial charge in [-0.25, -0.2) is 4.68 Å². The van der Waals surface area contributed by atoms with Crippen LogP contribution in [0.5, 0.6) is 0 Å². The number of hydrogen-bond donors (Lipinski definition) is 1. The van der Waals surface area contributed by atoms with Gasteiger partial charge in [-0.15, -0.1) is 0 Å². The summed E-state index contributed by atoms with van der Waals surface area (Å²) in [7, 11) is 0. The standard InChI is InChI=1S/C21H29N5O3/c1-14-6-4-7-15(2)24(14)10-5-9-22-20(27)13-25-21(28)18-12-19-17(8-11-29-19)26(18)16(3)23-25/h8,11-12,14-15H,4-7,9-10,13H2,1-3H3,(H,22,27)/t14-,15+. The van der Waals surface area contributed by atoms with Crippen LogP contribution in [0.2, 0.25) is 0 Å². The first kappa shape index (κ1) is 19.7. The summed E-state index contributed by atoms with van der Waals surface area (Å²) in [5, 5.41) is 7.25. The molecule has 1 saturated heterocycles. The highest BCUT2D eigenvalue weighted by Crippen LogP contribution is 2.22. The highest BCUT2D eigenvalue weighted by Gasteiger charge is 2.23. The molecule has 1 aliphatic heterocycles. The van der Waals surface area contributed by atoms with Crippen LogP contribution in [0.1, 0.15) is 45.4 Å². The molecule has 8 nitrogen and oxygen atoms in total. The number of nitrogens with zero attached hydrogens (tertiary/aromatic N) is 4. The Morgan fingerprint density at radius 2 is 2.03 bits per heavy atom. The Hall–Kier alpha value is -2.61. The van der Waals surface area contributed by atoms with Crippen molar-refractivity contribution in [3.05, 3.63) is 34.6 Å². The lowest BCUT2D eigenvalue weighted by atomic mass is 9.97. The quantitative estimate of drug-likeness (QED) is 0.643. The van der Waals surface area contributed by atoms with E-state index in [1.54, 1.807) is 22.8 Å². The van der Waals surface area contributed by atoms with Crippen LogP contribution in [0.4, 0.5) is 0 Å². The highest BCUT2D eigenvalue weighted by molar-refractivity contribution is 5.82. The number of rotatable bonds is 6. The molecular weight excluding hydrogens is 370 g/mol. The molecule has 1 N–H and O–H groups in total. The van der Waals surface area contributed by atoms with Crippen LogP contribution in [0, 0.1) is 6.92 Å². The van der Waals surface area contributed by atoms with Gasteiger partial charge < -0.3 is 9.73 Å². The second-order valence-corrected chi connectivity index (χ2v) is 8.12. The predicted octanol–water partition coefficient (Wildman–Crippen LogP) is 2.32. The van der Waals surface area contributed by atoms with E-state index in [1.165, 1.54) is 23.9 Å². The zero-order valence-corrected chi connectivity index (χ0v) is 17.4. The Morgan fingerprint density at radius 3 is 2.79 bits per heavy atom. The molecule has 1 fully saturated rings. The highest BCUT2D eigenvalue weighted by atomic mass is 16.3. The molecular formula is C21H29N5O3. The van der Waals surface area contributed by atoms with Crippen LogP contribution in [-0.2, 0) is 11.3 Å². The van der Waals surface area contributed by atoms with Crippen LogP contribution in [0.25, 0.3) is 16.6 Å². The van der Waals surface area contributed by atoms with E-state index in [0.29, 0.717) is 35.6 Å². The topological polar surface area (TPSA) is 84.8 Å². The van der Waals surface area contributed by atoms with Crippen LogP contribution >= 0.6 is 0 Å². The first-order valence-corrected chi connectivity index (χ1v) is 10.4. The number of carbonyl (C=O) groups excluding carboxylic acids is 1. The lowest BCUT2D eigenvalue weighted by Gasteiger charge is -2.39. The van der Waals surface area contributed by atoms with Crippen molar-refractivity contribution in [1.29, 1.82) is 0 Å². The fourth-order valence-corrected chi connectivity index (χ4v) is 4.53. The Kier molecular flexibility index (Phi) is 5.45. The van der Waals surface area contributed by atoms with Gasteiger partial charge in [-0.3, -0.25) is 18.9 Å². The molecule has 0 aliphatic carbocycles. The third-order valence-corrected chi connectivity index (χ3v) is 6.05. The van der Waals surface area contributed by atoms with E-state index in [1.807, 2.05) is 6.92 Å². The van der Waals surface area contributed by atoms with E-state index >= 15 is 0 Å². The molecule has 1 amide bonds. The molecule has 0 aromatic carbocycles. The van der Waals surface area contributed by atoms with Crippen molar-refractivity contribution >= 4 is 22.5 Å². The fraction of sp³-hybridized carbons (Fsp3) is 0.571. The first-order valence-electron chi connectivity index (χ1n) is 10.4. The van der Waals surface area contributed by atoms with Gasteiger partial charge >= 0.3 is 0 Å². The van der Waals surface area contributed by atoms with E-state index in [9.17, 15) is 9.59 Å². The minimum Gasteiger partial charge on any atom is -0.463 e. The molecule has 0 radical (unpaired) electrons. The molecule has 4 rings (SSSR count). The Bertz CT molecular complexity index is 1070. The first-order chi connectivity index (χ1) is 14.0. The number of aromatic nitrogens is 3. The number of carbonyl (C=O) groups is 1. The average molecular weight is 399 g/mol. The molecule has 156 valence electrons. The van der Waals surface area contributed by atoms with Gasteiger partial charge in [0, 0.05) is 37.3 Å². The summed E-state index contributed by atoms with van der Waals surface area (Å²) in [6.45, 7) is 7.87. The minimum atomic E-state index is -0.298. The van der Waals surface area contributed by atoms with E-state index in [0.717, 1.165) is 18.5 Å². The van der Waals surface area contributed by atoms with Crippen LogP contribution < -0.4 is 10.9 Å². The van der Waals surface area contributed by atoms with E-state index in [2.05, 4.69) is 29.2 Å². The van der Waals surface area contributed by atoms with Crippen molar-refractivity contribution < 1.29 is 9.21 Å². The molecule has 4 heterocycles. The van der Waals surface area contributed by atoms with Gasteiger partial charge in [0.15, 0.2) is 5.58 Å². The fourth-order valence-electron chi connectivity index (χ4n) is 4.53. The molecule has 3 aromatic rings. The maximum atomic E-state index is 12.7. The van der Waals surface area contributed by atoms with Gasteiger partial charge in [0.05, 0.1) is 11.8 Å². The molecule has 8 heteroatoms. The number of nitrogens with one attached hydrogen (secondary N) is 1. The van der Waals surface area contributed by atoms with Gasteiger partial charge in [-0.05, 0) is 40.0 Å². The second kappa shape index (κ2) is 8.02. The molecule has 2 atom stereocenters. The molecule has 0 spiro atoms. The van der Waals surface area contributed by atoms with Gasteiger partial charge in [0.25, 0.3) is 5.56 Å². The summed E-state index contributed by atoms with van der Waals surface area (Å²) >= 11 is 0. The molecule has 29 heavy (non-hydrogen) atoms. The van der Waals surface area contributed by atoms with Crippen LogP contribution in [0.15, 0.2) is 27.6 Å². The van der Waals surface area contributed by atoms with Gasteiger partial charge in [-0.2, -0.15) is 5.10 Å². The summed E-state index contributed by atoms with van der Waals surface area (Å²) in [5.41, 5.74) is 1.61. The lowest BCUT2D eigenvalue weighted by Crippen LogP contribution is -2.45. The predicted molar refractivity (Wildman–Crippen MR) is 111 cm³/mol. The van der Waals surface area contributed by atoms with E-state index in [4.69, 9.17) is 4.42 Å². The number of amides is 1. The maximum Gasteiger partial charge on any atom is 0.291 e. The van der Waals surface area contributed by atoms with Crippen molar-refractivity contribution in [3.8, 4) is 0 Å². The summed E-state index contributed by atoms with van der Waals surface area (Å²) in [6, 6.07) is 4.71. The van der Waals surface area contributed by atoms with Crippen LogP contribution in [-0.4, -0.2) is 50.2 Å². The van der Waals surface area contributed by atoms with Crippen molar-refractivity contribution in [2.45, 2.75) is 65.1 Å². The summed E-state index contributed by atoms with van der Waals surface area (Å²) in [6.07, 6.45) is 6.28. The zero-order chi connectivity index (χ0) is 20.5. The molecule has 0 unspecified atom stereocenters. The minimum absolute atomic E-state index is 0.0841. The summed E-state index contributed by atoms with van der Waals surface area (Å²) in [4.78, 5) is 27.6. The van der Waals surface area contributed by atoms with Gasteiger partial charge in [-0.1, -0.05) is 6.42 Å². The molecule has 3 aromatic heterocycles. The Morgan fingerprint density at radius 1 is 1.28 bits per heavy atom. The Labute approximate surface area is 169 Å². The van der Waals surface area contributed by atoms with Crippen molar-refractivity contribution in [2.75, 3.05) is 13.1 Å². The number of hydrogen-bond acceptors (Lipinski definition) is 5. The van der Waals surface area contributed by atoms with Crippen molar-refractivity contribution in [1.82, 2.24) is 24.4 Å². The van der Waals surface area contributed by atoms with Gasteiger partial charge in [0.2, 0.25) is 5.91 Å². The number of piperidine rings is 1. The van der Waals surface area contributed by atoms with Gasteiger partial charge in [0.1, 0.15) is 17.9 Å². The maximum absolute atomic E-state index is 12.7. The summed E-state index contributed by atoms with van der Waals surface area (Å²) < 4.78 is 8.37. The normalized spacial score (nSPS) is 20.5. The largest absolute Gasteiger partial charge is 0.463 e. The number of furan rings is 1. The second-order valence-electron chi connectivity index (χ2n) is 8.12. The SMILES string of the molecule is Cc1nn(CC(=O)NCCCN2[C@H](C)CCC[C@@H]2C)c(=O)c2cc3occc3n12. The van der Waals surface area contributed by atoms with E-state index < -0.39 is 0 Å². The van der Waals surface area contributed by atoms with Crippen molar-refractivity contribution in [2.24, 2.45) is 0 Å².